The number of anilines is 1. The summed E-state index contributed by atoms with van der Waals surface area (Å²) in [5, 5.41) is 12.0. The minimum absolute atomic E-state index is 0.0665. The molecule has 1 saturated heterocycles. The van der Waals surface area contributed by atoms with Crippen molar-refractivity contribution in [1.29, 1.82) is 0 Å². The van der Waals surface area contributed by atoms with Crippen LogP contribution in [0.15, 0.2) is 0 Å². The van der Waals surface area contributed by atoms with Gasteiger partial charge in [-0.15, -0.1) is 10.2 Å². The molecule has 8 heteroatoms. The lowest BCUT2D eigenvalue weighted by Crippen LogP contribution is -3.14. The average molecular weight is 326 g/mol. The van der Waals surface area contributed by atoms with E-state index in [-0.39, 0.29) is 24.7 Å². The van der Waals surface area contributed by atoms with Gasteiger partial charge in [-0.3, -0.25) is 9.59 Å². The summed E-state index contributed by atoms with van der Waals surface area (Å²) in [7, 11) is 0. The average Bonchev–Trinajstić information content (AvgIpc) is 3.00. The molecule has 1 aromatic heterocycles. The highest BCUT2D eigenvalue weighted by atomic mass is 32.1. The lowest BCUT2D eigenvalue weighted by atomic mass is 10.2. The van der Waals surface area contributed by atoms with Crippen LogP contribution in [0.2, 0.25) is 0 Å². The van der Waals surface area contributed by atoms with E-state index in [0.717, 1.165) is 44.2 Å². The van der Waals surface area contributed by atoms with Gasteiger partial charge < -0.3 is 15.1 Å². The van der Waals surface area contributed by atoms with E-state index in [2.05, 4.69) is 22.4 Å². The van der Waals surface area contributed by atoms with Crippen molar-refractivity contribution in [2.75, 3.05) is 38.0 Å². The standard InChI is InChI=1S/C14H23N5O2S/c1-3-12-16-17-14(22-12)15-11(20)5-6-13(21)19-9-7-18(4-2)8-10-19/h3-10H2,1-2H3,(H,15,17,20)/p+1. The SMILES string of the molecule is CCc1nnc(NC(=O)CCC(=O)N2CC[NH+](CC)CC2)s1. The van der Waals surface area contributed by atoms with Gasteiger partial charge in [0.25, 0.3) is 0 Å². The zero-order chi connectivity index (χ0) is 15.9. The Kier molecular flexibility index (Phi) is 6.26. The summed E-state index contributed by atoms with van der Waals surface area (Å²) >= 11 is 1.37. The Bertz CT molecular complexity index is 511. The molecule has 1 aliphatic heterocycles. The molecular weight excluding hydrogens is 302 g/mol. The molecule has 2 heterocycles. The molecule has 22 heavy (non-hydrogen) atoms. The quantitative estimate of drug-likeness (QED) is 0.743. The summed E-state index contributed by atoms with van der Waals surface area (Å²) in [5.74, 6) is -0.109. The van der Waals surface area contributed by atoms with Crippen LogP contribution in [-0.4, -0.2) is 59.6 Å². The van der Waals surface area contributed by atoms with Crippen LogP contribution in [0.4, 0.5) is 5.13 Å². The lowest BCUT2D eigenvalue weighted by molar-refractivity contribution is -0.902. The number of nitrogens with one attached hydrogen (secondary N) is 2. The molecule has 0 spiro atoms. The van der Waals surface area contributed by atoms with Gasteiger partial charge in [0.2, 0.25) is 16.9 Å². The Morgan fingerprint density at radius 1 is 1.23 bits per heavy atom. The van der Waals surface area contributed by atoms with E-state index in [1.165, 1.54) is 16.2 Å². The first-order valence-electron chi connectivity index (χ1n) is 7.86. The van der Waals surface area contributed by atoms with Gasteiger partial charge in [-0.25, -0.2) is 0 Å². The van der Waals surface area contributed by atoms with Crippen LogP contribution in [0.1, 0.15) is 31.7 Å². The molecule has 2 N–H and O–H groups in total. The number of nitrogens with zero attached hydrogens (tertiary/aromatic N) is 3. The Labute approximate surface area is 134 Å². The Hall–Kier alpha value is -1.54. The van der Waals surface area contributed by atoms with E-state index < -0.39 is 0 Å². The van der Waals surface area contributed by atoms with E-state index in [4.69, 9.17) is 0 Å². The zero-order valence-electron chi connectivity index (χ0n) is 13.2. The molecule has 1 aromatic rings. The summed E-state index contributed by atoms with van der Waals surface area (Å²) in [4.78, 5) is 27.4. The van der Waals surface area contributed by atoms with Crippen molar-refractivity contribution in [2.45, 2.75) is 33.1 Å². The first-order chi connectivity index (χ1) is 10.6. The van der Waals surface area contributed by atoms with E-state index in [1.807, 2.05) is 11.8 Å². The first-order valence-corrected chi connectivity index (χ1v) is 8.67. The second-order valence-corrected chi connectivity index (χ2v) is 6.45. The van der Waals surface area contributed by atoms with Gasteiger partial charge in [0.1, 0.15) is 5.01 Å². The molecule has 1 fully saturated rings. The third kappa shape index (κ3) is 4.74. The van der Waals surface area contributed by atoms with Crippen LogP contribution in [0.3, 0.4) is 0 Å². The Balaban J connectivity index is 1.70. The first kappa shape index (κ1) is 16.8. The molecule has 2 amide bonds. The van der Waals surface area contributed by atoms with Crippen LogP contribution in [0, 0.1) is 0 Å². The van der Waals surface area contributed by atoms with E-state index >= 15 is 0 Å². The number of amides is 2. The number of hydrogen-bond acceptors (Lipinski definition) is 5. The van der Waals surface area contributed by atoms with Gasteiger partial charge in [-0.05, 0) is 13.3 Å². The smallest absolute Gasteiger partial charge is 0.226 e. The zero-order valence-corrected chi connectivity index (χ0v) is 14.0. The van der Waals surface area contributed by atoms with E-state index in [9.17, 15) is 9.59 Å². The molecule has 0 aromatic carbocycles. The lowest BCUT2D eigenvalue weighted by Gasteiger charge is -2.31. The van der Waals surface area contributed by atoms with Crippen molar-refractivity contribution in [3.63, 3.8) is 0 Å². The maximum Gasteiger partial charge on any atom is 0.226 e. The molecule has 0 aliphatic carbocycles. The molecule has 1 aliphatic rings. The van der Waals surface area contributed by atoms with Crippen LogP contribution in [0.5, 0.6) is 0 Å². The normalized spacial score (nSPS) is 15.8. The predicted octanol–water partition coefficient (Wildman–Crippen LogP) is -0.434. The molecular formula is C14H24N5O2S+. The highest BCUT2D eigenvalue weighted by Crippen LogP contribution is 2.15. The summed E-state index contributed by atoms with van der Waals surface area (Å²) in [6.07, 6.45) is 1.26. The third-order valence-corrected chi connectivity index (χ3v) is 4.89. The van der Waals surface area contributed by atoms with Gasteiger partial charge in [0, 0.05) is 12.8 Å². The predicted molar refractivity (Wildman–Crippen MR) is 85.0 cm³/mol. The molecule has 0 bridgehead atoms. The Morgan fingerprint density at radius 3 is 2.55 bits per heavy atom. The van der Waals surface area contributed by atoms with E-state index in [1.54, 1.807) is 0 Å². The number of carbonyl (C=O) groups is 2. The molecule has 2 rings (SSSR count). The number of likely N-dealkylation sites (N-methyl/N-ethyl adjacent to an activating group) is 1. The molecule has 0 unspecified atom stereocenters. The van der Waals surface area contributed by atoms with Crippen molar-refractivity contribution < 1.29 is 14.5 Å². The van der Waals surface area contributed by atoms with Crippen molar-refractivity contribution >= 4 is 28.3 Å². The minimum atomic E-state index is -0.176. The van der Waals surface area contributed by atoms with Gasteiger partial charge in [-0.1, -0.05) is 18.3 Å². The van der Waals surface area contributed by atoms with Crippen LogP contribution in [0.25, 0.3) is 0 Å². The fourth-order valence-electron chi connectivity index (χ4n) is 2.43. The maximum absolute atomic E-state index is 12.1. The topological polar surface area (TPSA) is 79.6 Å². The van der Waals surface area contributed by atoms with Gasteiger partial charge >= 0.3 is 0 Å². The summed E-state index contributed by atoms with van der Waals surface area (Å²) < 4.78 is 0. The number of rotatable bonds is 6. The fraction of sp³-hybridized carbons (Fsp3) is 0.714. The summed E-state index contributed by atoms with van der Waals surface area (Å²) in [5.41, 5.74) is 0. The number of hydrogen-bond donors (Lipinski definition) is 2. The van der Waals surface area contributed by atoms with Crippen molar-refractivity contribution in [3.05, 3.63) is 5.01 Å². The maximum atomic E-state index is 12.1. The number of carbonyl (C=O) groups excluding carboxylic acids is 2. The monoisotopic (exact) mass is 326 g/mol. The minimum Gasteiger partial charge on any atom is -0.332 e. The second-order valence-electron chi connectivity index (χ2n) is 5.39. The summed E-state index contributed by atoms with van der Waals surface area (Å²) in [6.45, 7) is 8.84. The highest BCUT2D eigenvalue weighted by molar-refractivity contribution is 7.15. The van der Waals surface area contributed by atoms with E-state index in [0.29, 0.717) is 5.13 Å². The van der Waals surface area contributed by atoms with Crippen molar-refractivity contribution in [2.24, 2.45) is 0 Å². The number of aromatic nitrogens is 2. The van der Waals surface area contributed by atoms with Crippen molar-refractivity contribution in [1.82, 2.24) is 15.1 Å². The number of aryl methyl sites for hydroxylation is 1. The number of quaternary nitrogens is 1. The van der Waals surface area contributed by atoms with Crippen LogP contribution >= 0.6 is 11.3 Å². The largest absolute Gasteiger partial charge is 0.332 e. The van der Waals surface area contributed by atoms with Gasteiger partial charge in [0.15, 0.2) is 0 Å². The Morgan fingerprint density at radius 2 is 1.95 bits per heavy atom. The van der Waals surface area contributed by atoms with Gasteiger partial charge in [0.05, 0.1) is 32.7 Å². The highest BCUT2D eigenvalue weighted by Gasteiger charge is 2.22. The van der Waals surface area contributed by atoms with Crippen LogP contribution in [-0.2, 0) is 16.0 Å². The molecule has 0 radical (unpaired) electrons. The molecule has 0 saturated carbocycles. The van der Waals surface area contributed by atoms with Crippen molar-refractivity contribution in [3.8, 4) is 0 Å². The fourth-order valence-corrected chi connectivity index (χ4v) is 3.13. The molecule has 7 nitrogen and oxygen atoms in total. The number of piperazine rings is 1. The summed E-state index contributed by atoms with van der Waals surface area (Å²) in [6, 6.07) is 0. The molecule has 0 atom stereocenters. The third-order valence-electron chi connectivity index (χ3n) is 3.90. The van der Waals surface area contributed by atoms with Crippen LogP contribution < -0.4 is 10.2 Å². The second kappa shape index (κ2) is 8.19. The van der Waals surface area contributed by atoms with Gasteiger partial charge in [-0.2, -0.15) is 0 Å². The molecule has 122 valence electrons.